The molecular formula is C27H21ClN2O7S. The lowest BCUT2D eigenvalue weighted by Gasteiger charge is -2.14. The summed E-state index contributed by atoms with van der Waals surface area (Å²) in [5, 5.41) is 2.73. The Bertz CT molecular complexity index is 1440. The smallest absolute Gasteiger partial charge is 0.293 e. The third kappa shape index (κ3) is 5.56. The molecule has 1 saturated heterocycles. The molecule has 0 unspecified atom stereocenters. The summed E-state index contributed by atoms with van der Waals surface area (Å²) >= 11 is 7.17. The van der Waals surface area contributed by atoms with Gasteiger partial charge in [-0.1, -0.05) is 35.9 Å². The highest BCUT2D eigenvalue weighted by molar-refractivity contribution is 8.18. The van der Waals surface area contributed by atoms with Gasteiger partial charge in [-0.2, -0.15) is 0 Å². The minimum atomic E-state index is -0.415. The number of carbonyl (C=O) groups excluding carboxylic acids is 3. The number of benzene rings is 3. The fourth-order valence-corrected chi connectivity index (χ4v) is 4.83. The van der Waals surface area contributed by atoms with Gasteiger partial charge in [0.05, 0.1) is 24.2 Å². The van der Waals surface area contributed by atoms with Crippen LogP contribution in [0.15, 0.2) is 65.6 Å². The fraction of sp³-hybridized carbons (Fsp3) is 0.148. The maximum Gasteiger partial charge on any atom is 0.293 e. The van der Waals surface area contributed by atoms with Gasteiger partial charge in [0, 0.05) is 11.1 Å². The standard InChI is InChI=1S/C27H21ClN2O7S/c1-34-21-5-3-2-4-20(21)29-25(31)14-35-18-8-6-16(7-9-18)10-24-26(32)30(27(33)38-24)13-17-11-22-23(12-19(17)28)37-15-36-22/h2-12H,13-15H2,1H3,(H,29,31)/b24-10+. The molecule has 0 atom stereocenters. The van der Waals surface area contributed by atoms with Crippen molar-refractivity contribution in [2.75, 3.05) is 25.8 Å². The molecule has 0 aliphatic carbocycles. The van der Waals surface area contributed by atoms with Crippen molar-refractivity contribution in [1.29, 1.82) is 0 Å². The minimum Gasteiger partial charge on any atom is -0.495 e. The molecule has 9 nitrogen and oxygen atoms in total. The van der Waals surface area contributed by atoms with E-state index in [0.717, 1.165) is 16.7 Å². The van der Waals surface area contributed by atoms with Gasteiger partial charge in [-0.3, -0.25) is 19.3 Å². The lowest BCUT2D eigenvalue weighted by Crippen LogP contribution is -2.27. The third-order valence-electron chi connectivity index (χ3n) is 5.67. The Balaban J connectivity index is 1.19. The summed E-state index contributed by atoms with van der Waals surface area (Å²) in [6, 6.07) is 17.2. The van der Waals surface area contributed by atoms with E-state index >= 15 is 0 Å². The number of hydrogen-bond donors (Lipinski definition) is 1. The normalized spacial score (nSPS) is 15.2. The summed E-state index contributed by atoms with van der Waals surface area (Å²) in [6.07, 6.45) is 1.63. The molecule has 0 radical (unpaired) electrons. The average Bonchev–Trinajstić information content (AvgIpc) is 3.47. The topological polar surface area (TPSA) is 103 Å². The van der Waals surface area contributed by atoms with Crippen LogP contribution in [0.4, 0.5) is 10.5 Å². The van der Waals surface area contributed by atoms with E-state index in [0.29, 0.717) is 44.8 Å². The van der Waals surface area contributed by atoms with Crippen LogP contribution in [0, 0.1) is 0 Å². The van der Waals surface area contributed by atoms with Gasteiger partial charge in [0.1, 0.15) is 11.5 Å². The molecule has 0 bridgehead atoms. The van der Waals surface area contributed by atoms with Gasteiger partial charge in [0.25, 0.3) is 17.1 Å². The molecule has 11 heteroatoms. The van der Waals surface area contributed by atoms with Crippen LogP contribution in [0.1, 0.15) is 11.1 Å². The zero-order chi connectivity index (χ0) is 26.6. The molecule has 5 rings (SSSR count). The maximum atomic E-state index is 12.9. The predicted molar refractivity (Wildman–Crippen MR) is 143 cm³/mol. The van der Waals surface area contributed by atoms with Gasteiger partial charge in [-0.15, -0.1) is 0 Å². The van der Waals surface area contributed by atoms with Crippen LogP contribution in [0.3, 0.4) is 0 Å². The van der Waals surface area contributed by atoms with Crippen LogP contribution in [-0.4, -0.2) is 42.5 Å². The Hall–Kier alpha value is -4.15. The number of carbonyl (C=O) groups is 3. The Morgan fingerprint density at radius 1 is 1.11 bits per heavy atom. The number of thioether (sulfide) groups is 1. The summed E-state index contributed by atoms with van der Waals surface area (Å²) in [5.41, 5.74) is 1.83. The molecule has 38 heavy (non-hydrogen) atoms. The molecule has 2 heterocycles. The number of amides is 3. The summed E-state index contributed by atoms with van der Waals surface area (Å²) in [4.78, 5) is 39.2. The first kappa shape index (κ1) is 25.5. The van der Waals surface area contributed by atoms with E-state index in [4.69, 9.17) is 30.5 Å². The van der Waals surface area contributed by atoms with Crippen LogP contribution < -0.4 is 24.3 Å². The van der Waals surface area contributed by atoms with Crippen molar-refractivity contribution in [1.82, 2.24) is 4.90 Å². The molecule has 0 spiro atoms. The molecule has 1 N–H and O–H groups in total. The van der Waals surface area contributed by atoms with Crippen molar-refractivity contribution in [3.05, 3.63) is 81.7 Å². The number of nitrogens with one attached hydrogen (secondary N) is 1. The van der Waals surface area contributed by atoms with Gasteiger partial charge in [-0.05, 0) is 59.3 Å². The number of fused-ring (bicyclic) bond motifs is 1. The molecule has 0 saturated carbocycles. The van der Waals surface area contributed by atoms with Crippen molar-refractivity contribution in [2.45, 2.75) is 6.54 Å². The summed E-state index contributed by atoms with van der Waals surface area (Å²) in [6.45, 7) is -0.0841. The molecule has 0 aromatic heterocycles. The lowest BCUT2D eigenvalue weighted by molar-refractivity contribution is -0.123. The number of nitrogens with zero attached hydrogens (tertiary/aromatic N) is 1. The molecular weight excluding hydrogens is 532 g/mol. The quantitative estimate of drug-likeness (QED) is 0.374. The highest BCUT2D eigenvalue weighted by Gasteiger charge is 2.35. The van der Waals surface area contributed by atoms with Crippen molar-refractivity contribution in [3.8, 4) is 23.0 Å². The molecule has 2 aliphatic rings. The second-order valence-corrected chi connectivity index (χ2v) is 9.57. The van der Waals surface area contributed by atoms with Gasteiger partial charge >= 0.3 is 0 Å². The second-order valence-electron chi connectivity index (χ2n) is 8.17. The second kappa shape index (κ2) is 11.1. The van der Waals surface area contributed by atoms with Crippen molar-refractivity contribution < 1.29 is 33.3 Å². The summed E-state index contributed by atoms with van der Waals surface area (Å²) in [7, 11) is 1.53. The van der Waals surface area contributed by atoms with Gasteiger partial charge < -0.3 is 24.3 Å². The van der Waals surface area contributed by atoms with Crippen molar-refractivity contribution in [3.63, 3.8) is 0 Å². The number of imide groups is 1. The van der Waals surface area contributed by atoms with E-state index in [1.807, 2.05) is 6.07 Å². The number of para-hydroxylation sites is 2. The maximum absolute atomic E-state index is 12.9. The highest BCUT2D eigenvalue weighted by atomic mass is 35.5. The predicted octanol–water partition coefficient (Wildman–Crippen LogP) is 5.33. The summed E-state index contributed by atoms with van der Waals surface area (Å²) in [5.74, 6) is 1.32. The van der Waals surface area contributed by atoms with E-state index < -0.39 is 11.1 Å². The van der Waals surface area contributed by atoms with Crippen LogP contribution in [-0.2, 0) is 16.1 Å². The largest absolute Gasteiger partial charge is 0.495 e. The first-order chi connectivity index (χ1) is 18.4. The minimum absolute atomic E-state index is 0.0151. The highest BCUT2D eigenvalue weighted by Crippen LogP contribution is 2.39. The monoisotopic (exact) mass is 552 g/mol. The van der Waals surface area contributed by atoms with Gasteiger partial charge in [0.2, 0.25) is 6.79 Å². The fourth-order valence-electron chi connectivity index (χ4n) is 3.78. The Labute approximate surface area is 227 Å². The van der Waals surface area contributed by atoms with Crippen molar-refractivity contribution in [2.24, 2.45) is 0 Å². The number of halogens is 1. The zero-order valence-electron chi connectivity index (χ0n) is 20.1. The van der Waals surface area contributed by atoms with Crippen LogP contribution in [0.5, 0.6) is 23.0 Å². The van der Waals surface area contributed by atoms with Crippen molar-refractivity contribution >= 4 is 52.2 Å². The number of anilines is 1. The molecule has 2 aliphatic heterocycles. The van der Waals surface area contributed by atoms with Gasteiger partial charge in [-0.25, -0.2) is 0 Å². The molecule has 1 fully saturated rings. The van der Waals surface area contributed by atoms with Crippen LogP contribution >= 0.6 is 23.4 Å². The van der Waals surface area contributed by atoms with E-state index in [1.165, 1.54) is 7.11 Å². The molecule has 3 aromatic carbocycles. The van der Waals surface area contributed by atoms with E-state index in [9.17, 15) is 14.4 Å². The molecule has 3 amide bonds. The van der Waals surface area contributed by atoms with E-state index in [2.05, 4.69) is 5.32 Å². The molecule has 194 valence electrons. The Morgan fingerprint density at radius 2 is 1.84 bits per heavy atom. The first-order valence-corrected chi connectivity index (χ1v) is 12.6. The van der Waals surface area contributed by atoms with E-state index in [1.54, 1.807) is 60.7 Å². The van der Waals surface area contributed by atoms with E-state index in [-0.39, 0.29) is 30.8 Å². The Morgan fingerprint density at radius 3 is 2.61 bits per heavy atom. The lowest BCUT2D eigenvalue weighted by atomic mass is 10.1. The zero-order valence-corrected chi connectivity index (χ0v) is 21.6. The van der Waals surface area contributed by atoms with Crippen LogP contribution in [0.25, 0.3) is 6.08 Å². The molecule has 3 aromatic rings. The summed E-state index contributed by atoms with van der Waals surface area (Å²) < 4.78 is 21.4. The van der Waals surface area contributed by atoms with Gasteiger partial charge in [0.15, 0.2) is 18.1 Å². The number of methoxy groups -OCH3 is 1. The van der Waals surface area contributed by atoms with Crippen LogP contribution in [0.2, 0.25) is 5.02 Å². The average molecular weight is 553 g/mol. The first-order valence-electron chi connectivity index (χ1n) is 11.4. The number of rotatable bonds is 8. The SMILES string of the molecule is COc1ccccc1NC(=O)COc1ccc(/C=C2/SC(=O)N(Cc3cc4c(cc3Cl)OCO4)C2=O)cc1. The third-order valence-corrected chi connectivity index (χ3v) is 6.93. The Kier molecular flexibility index (Phi) is 7.43. The number of hydrogen-bond acceptors (Lipinski definition) is 8. The number of ether oxygens (including phenoxy) is 4.